The number of aromatic nitrogens is 1. The van der Waals surface area contributed by atoms with Crippen molar-refractivity contribution in [2.45, 2.75) is 32.5 Å². The molecule has 1 saturated heterocycles. The van der Waals surface area contributed by atoms with Gasteiger partial charge in [0.2, 0.25) is 0 Å². The van der Waals surface area contributed by atoms with E-state index in [1.165, 1.54) is 17.7 Å². The van der Waals surface area contributed by atoms with Gasteiger partial charge in [-0.15, -0.1) is 13.2 Å². The molecule has 5 rings (SSSR count). The first kappa shape index (κ1) is 24.8. The number of fused-ring (bicyclic) bond motifs is 1. The number of halogens is 3. The van der Waals surface area contributed by atoms with E-state index in [9.17, 15) is 18.0 Å². The molecule has 0 radical (unpaired) electrons. The summed E-state index contributed by atoms with van der Waals surface area (Å²) >= 11 is 0. The number of hydrogen-bond acceptors (Lipinski definition) is 3. The molecule has 4 nitrogen and oxygen atoms in total. The molecule has 37 heavy (non-hydrogen) atoms. The minimum absolute atomic E-state index is 0.0133. The number of hydrogen-bond donors (Lipinski definition) is 0. The molecule has 1 aliphatic heterocycles. The summed E-state index contributed by atoms with van der Waals surface area (Å²) < 4.78 is 41.5. The van der Waals surface area contributed by atoms with Crippen molar-refractivity contribution >= 4 is 16.8 Å². The lowest BCUT2D eigenvalue weighted by molar-refractivity contribution is -0.274. The number of carbonyl (C=O) groups excluding carboxylic acids is 1. The third kappa shape index (κ3) is 5.61. The number of pyridine rings is 1. The van der Waals surface area contributed by atoms with E-state index in [-0.39, 0.29) is 11.7 Å². The molecule has 0 saturated carbocycles. The van der Waals surface area contributed by atoms with Gasteiger partial charge < -0.3 is 9.64 Å². The van der Waals surface area contributed by atoms with Crippen molar-refractivity contribution in [1.82, 2.24) is 9.88 Å². The fourth-order valence-electron chi connectivity index (χ4n) is 5.25. The Hall–Kier alpha value is -3.87. The summed E-state index contributed by atoms with van der Waals surface area (Å²) in [5, 5.41) is 1.16. The normalized spacial score (nSPS) is 16.1. The Kier molecular flexibility index (Phi) is 6.87. The molecule has 190 valence electrons. The van der Waals surface area contributed by atoms with E-state index < -0.39 is 6.36 Å². The molecule has 3 aromatic carbocycles. The van der Waals surface area contributed by atoms with Crippen molar-refractivity contribution in [3.8, 4) is 16.9 Å². The van der Waals surface area contributed by atoms with Gasteiger partial charge in [-0.25, -0.2) is 0 Å². The predicted molar refractivity (Wildman–Crippen MR) is 137 cm³/mol. The number of rotatable bonds is 5. The van der Waals surface area contributed by atoms with E-state index in [1.807, 2.05) is 54.4 Å². The number of nitrogens with zero attached hydrogens (tertiary/aromatic N) is 2. The van der Waals surface area contributed by atoms with Crippen LogP contribution in [0.4, 0.5) is 13.2 Å². The van der Waals surface area contributed by atoms with Gasteiger partial charge in [-0.1, -0.05) is 42.5 Å². The number of likely N-dealkylation sites (tertiary alicyclic amines) is 1. The lowest BCUT2D eigenvalue weighted by Crippen LogP contribution is -2.40. The van der Waals surface area contributed by atoms with Crippen LogP contribution in [0.25, 0.3) is 22.0 Å². The molecule has 4 aromatic rings. The van der Waals surface area contributed by atoms with E-state index in [0.717, 1.165) is 46.9 Å². The molecular weight excluding hydrogens is 477 g/mol. The lowest BCUT2D eigenvalue weighted by Gasteiger charge is -2.33. The maximum atomic E-state index is 13.6. The Morgan fingerprint density at radius 2 is 1.81 bits per heavy atom. The van der Waals surface area contributed by atoms with Crippen LogP contribution < -0.4 is 4.74 Å². The zero-order chi connectivity index (χ0) is 26.0. The van der Waals surface area contributed by atoms with E-state index in [1.54, 1.807) is 12.1 Å². The zero-order valence-corrected chi connectivity index (χ0v) is 20.5. The van der Waals surface area contributed by atoms with Gasteiger partial charge in [-0.2, -0.15) is 0 Å². The molecule has 2 heterocycles. The Morgan fingerprint density at radius 3 is 2.59 bits per heavy atom. The molecule has 1 aromatic heterocycles. The van der Waals surface area contributed by atoms with Gasteiger partial charge in [-0.3, -0.25) is 9.78 Å². The van der Waals surface area contributed by atoms with Crippen LogP contribution in [0.5, 0.6) is 5.75 Å². The van der Waals surface area contributed by atoms with Gasteiger partial charge in [0.05, 0.1) is 5.52 Å². The number of benzene rings is 3. The topological polar surface area (TPSA) is 42.4 Å². The Labute approximate surface area is 213 Å². The second kappa shape index (κ2) is 10.2. The second-order valence-corrected chi connectivity index (χ2v) is 9.50. The molecular formula is C30H27F3N2O2. The highest BCUT2D eigenvalue weighted by Crippen LogP contribution is 2.31. The van der Waals surface area contributed by atoms with Crippen LogP contribution >= 0.6 is 0 Å². The maximum absolute atomic E-state index is 13.6. The summed E-state index contributed by atoms with van der Waals surface area (Å²) in [5.74, 6) is 0.0660. The predicted octanol–water partition coefficient (Wildman–Crippen LogP) is 7.20. The van der Waals surface area contributed by atoms with Crippen molar-refractivity contribution in [2.24, 2.45) is 5.92 Å². The van der Waals surface area contributed by atoms with Crippen molar-refractivity contribution in [3.63, 3.8) is 0 Å². The van der Waals surface area contributed by atoms with Crippen LogP contribution in [0.2, 0.25) is 0 Å². The average Bonchev–Trinajstić information content (AvgIpc) is 2.89. The van der Waals surface area contributed by atoms with Crippen molar-refractivity contribution in [1.29, 1.82) is 0 Å². The Bertz CT molecular complexity index is 1410. The van der Waals surface area contributed by atoms with Gasteiger partial charge >= 0.3 is 6.36 Å². The molecule has 1 unspecified atom stereocenters. The first-order valence-corrected chi connectivity index (χ1v) is 12.4. The zero-order valence-electron chi connectivity index (χ0n) is 20.5. The highest BCUT2D eigenvalue weighted by Gasteiger charge is 2.31. The summed E-state index contributed by atoms with van der Waals surface area (Å²) in [6.07, 6.45) is 0.00340. The fourth-order valence-corrected chi connectivity index (χ4v) is 5.25. The van der Waals surface area contributed by atoms with Crippen LogP contribution in [0.15, 0.2) is 79.0 Å². The highest BCUT2D eigenvalue weighted by atomic mass is 19.4. The lowest BCUT2D eigenvalue weighted by atomic mass is 9.89. The van der Waals surface area contributed by atoms with E-state index >= 15 is 0 Å². The number of piperidine rings is 1. The van der Waals surface area contributed by atoms with Crippen molar-refractivity contribution < 1.29 is 22.7 Å². The first-order chi connectivity index (χ1) is 17.8. The second-order valence-electron chi connectivity index (χ2n) is 9.50. The molecule has 7 heteroatoms. The van der Waals surface area contributed by atoms with Crippen LogP contribution in [0.1, 0.15) is 34.3 Å². The summed E-state index contributed by atoms with van der Waals surface area (Å²) in [7, 11) is 0. The minimum atomic E-state index is -4.74. The first-order valence-electron chi connectivity index (χ1n) is 12.4. The van der Waals surface area contributed by atoms with Crippen LogP contribution in [0.3, 0.4) is 0 Å². The fraction of sp³-hybridized carbons (Fsp3) is 0.267. The SMILES string of the molecule is Cc1c(C(=O)N2CCCC(Cc3ccnc4ccccc34)C2)cccc1-c1ccc(OC(F)(F)F)cc1. The largest absolute Gasteiger partial charge is 0.573 e. The highest BCUT2D eigenvalue weighted by molar-refractivity contribution is 5.97. The van der Waals surface area contributed by atoms with E-state index in [4.69, 9.17) is 0 Å². The van der Waals surface area contributed by atoms with Crippen LogP contribution in [-0.2, 0) is 6.42 Å². The number of ether oxygens (including phenoxy) is 1. The van der Waals surface area contributed by atoms with Gasteiger partial charge in [0.15, 0.2) is 0 Å². The third-order valence-electron chi connectivity index (χ3n) is 7.02. The van der Waals surface area contributed by atoms with Gasteiger partial charge in [0.1, 0.15) is 5.75 Å². The number of para-hydroxylation sites is 1. The average molecular weight is 505 g/mol. The standard InChI is InChI=1S/C30H27F3N2O2/c1-20-25(22-11-13-24(14-12-22)37-30(31,32)33)8-4-9-26(20)29(36)35-17-5-6-21(19-35)18-23-15-16-34-28-10-3-2-7-27(23)28/h2-4,7-16,21H,5-6,17-19H2,1H3. The number of amides is 1. The molecule has 0 N–H and O–H groups in total. The van der Waals surface area contributed by atoms with Gasteiger partial charge in [-0.05, 0) is 84.7 Å². The molecule has 1 amide bonds. The van der Waals surface area contributed by atoms with Crippen molar-refractivity contribution in [2.75, 3.05) is 13.1 Å². The summed E-state index contributed by atoms with van der Waals surface area (Å²) in [5.41, 5.74) is 5.18. The van der Waals surface area contributed by atoms with Gasteiger partial charge in [0.25, 0.3) is 5.91 Å². The molecule has 1 fully saturated rings. The van der Waals surface area contributed by atoms with Crippen molar-refractivity contribution in [3.05, 3.63) is 95.7 Å². The molecule has 0 spiro atoms. The number of carbonyl (C=O) groups is 1. The molecule has 1 aliphatic rings. The third-order valence-corrected chi connectivity index (χ3v) is 7.02. The monoisotopic (exact) mass is 504 g/mol. The Morgan fingerprint density at radius 1 is 1.03 bits per heavy atom. The smallest absolute Gasteiger partial charge is 0.406 e. The van der Waals surface area contributed by atoms with E-state index in [2.05, 4.69) is 21.9 Å². The Balaban J connectivity index is 1.33. The summed E-state index contributed by atoms with van der Waals surface area (Å²) in [4.78, 5) is 20.0. The number of alkyl halides is 3. The molecule has 1 atom stereocenters. The molecule has 0 aliphatic carbocycles. The molecule has 0 bridgehead atoms. The van der Waals surface area contributed by atoms with Crippen LogP contribution in [-0.4, -0.2) is 35.2 Å². The van der Waals surface area contributed by atoms with E-state index in [0.29, 0.717) is 24.6 Å². The summed E-state index contributed by atoms with van der Waals surface area (Å²) in [6.45, 7) is 3.27. The quantitative estimate of drug-likeness (QED) is 0.289. The van der Waals surface area contributed by atoms with Crippen LogP contribution in [0, 0.1) is 12.8 Å². The van der Waals surface area contributed by atoms with Gasteiger partial charge in [0, 0.05) is 30.2 Å². The minimum Gasteiger partial charge on any atom is -0.406 e. The maximum Gasteiger partial charge on any atom is 0.573 e. The summed E-state index contributed by atoms with van der Waals surface area (Å²) in [6, 6.07) is 21.4.